The van der Waals surface area contributed by atoms with Crippen LogP contribution in [0.1, 0.15) is 31.7 Å². The molecule has 3 amide bonds. The number of nitrogens with zero attached hydrogens (tertiary/aromatic N) is 1. The second-order valence-corrected chi connectivity index (χ2v) is 6.29. The van der Waals surface area contributed by atoms with Crippen molar-refractivity contribution in [2.75, 3.05) is 26.2 Å². The van der Waals surface area contributed by atoms with Gasteiger partial charge in [-0.2, -0.15) is 0 Å². The number of carbonyl (C=O) groups excluding carboxylic acids is 3. The minimum atomic E-state index is -0.303. The fourth-order valence-corrected chi connectivity index (χ4v) is 2.87. The molecule has 1 aromatic carbocycles. The van der Waals surface area contributed by atoms with Gasteiger partial charge < -0.3 is 20.3 Å². The maximum absolute atomic E-state index is 12.0. The zero-order valence-corrected chi connectivity index (χ0v) is 15.2. The molecule has 142 valence electrons. The monoisotopic (exact) mass is 361 g/mol. The highest BCUT2D eigenvalue weighted by atomic mass is 16.6. The minimum Gasteiger partial charge on any atom is -0.450 e. The molecular weight excluding hydrogens is 334 g/mol. The number of carbonyl (C=O) groups is 3. The van der Waals surface area contributed by atoms with Gasteiger partial charge >= 0.3 is 6.09 Å². The number of ether oxygens (including phenoxy) is 1. The highest BCUT2D eigenvalue weighted by molar-refractivity contribution is 5.84. The number of nitrogens with one attached hydrogen (secondary N) is 2. The zero-order chi connectivity index (χ0) is 18.8. The van der Waals surface area contributed by atoms with Crippen LogP contribution in [0.25, 0.3) is 0 Å². The molecule has 1 fully saturated rings. The Bertz CT molecular complexity index is 598. The third-order valence-corrected chi connectivity index (χ3v) is 4.32. The Balaban J connectivity index is 1.60. The van der Waals surface area contributed by atoms with E-state index in [1.54, 1.807) is 11.8 Å². The van der Waals surface area contributed by atoms with E-state index in [1.807, 2.05) is 30.3 Å². The fraction of sp³-hybridized carbons (Fsp3) is 0.526. The lowest BCUT2D eigenvalue weighted by Crippen LogP contribution is -2.48. The molecule has 0 saturated carbocycles. The topological polar surface area (TPSA) is 87.7 Å². The van der Waals surface area contributed by atoms with Crippen molar-refractivity contribution < 1.29 is 19.1 Å². The number of aryl methyl sites for hydroxylation is 1. The number of benzene rings is 1. The van der Waals surface area contributed by atoms with Gasteiger partial charge in [0, 0.05) is 25.6 Å². The molecule has 2 rings (SSSR count). The molecule has 0 radical (unpaired) electrons. The first kappa shape index (κ1) is 19.8. The van der Waals surface area contributed by atoms with Gasteiger partial charge in [-0.25, -0.2) is 4.79 Å². The molecule has 1 aliphatic rings. The molecule has 7 nitrogen and oxygen atoms in total. The van der Waals surface area contributed by atoms with Gasteiger partial charge in [-0.3, -0.25) is 9.59 Å². The van der Waals surface area contributed by atoms with Crippen molar-refractivity contribution in [3.05, 3.63) is 35.9 Å². The van der Waals surface area contributed by atoms with E-state index in [9.17, 15) is 14.4 Å². The van der Waals surface area contributed by atoms with Crippen molar-refractivity contribution in [2.24, 2.45) is 0 Å². The molecule has 0 bridgehead atoms. The van der Waals surface area contributed by atoms with Crippen molar-refractivity contribution in [3.8, 4) is 0 Å². The fourth-order valence-electron chi connectivity index (χ4n) is 2.87. The van der Waals surface area contributed by atoms with Gasteiger partial charge in [-0.1, -0.05) is 30.3 Å². The maximum Gasteiger partial charge on any atom is 0.409 e. The summed E-state index contributed by atoms with van der Waals surface area (Å²) in [5, 5.41) is 5.56. The standard InChI is InChI=1S/C19H27N3O4/c1-2-26-19(25)22-12-10-16(11-13-22)21-18(24)14-20-17(23)9-8-15-6-4-3-5-7-15/h3-7,16H,2,8-14H2,1H3,(H,20,23)(H,21,24). The largest absolute Gasteiger partial charge is 0.450 e. The Morgan fingerprint density at radius 3 is 2.46 bits per heavy atom. The quantitative estimate of drug-likeness (QED) is 0.770. The number of likely N-dealkylation sites (tertiary alicyclic amines) is 1. The van der Waals surface area contributed by atoms with E-state index >= 15 is 0 Å². The van der Waals surface area contributed by atoms with Gasteiger partial charge in [-0.05, 0) is 31.7 Å². The molecule has 0 aromatic heterocycles. The molecule has 2 N–H and O–H groups in total. The Hall–Kier alpha value is -2.57. The first-order valence-electron chi connectivity index (χ1n) is 9.10. The summed E-state index contributed by atoms with van der Waals surface area (Å²) in [6, 6.07) is 9.78. The minimum absolute atomic E-state index is 0.0221. The van der Waals surface area contributed by atoms with Gasteiger partial charge in [0.2, 0.25) is 11.8 Å². The van der Waals surface area contributed by atoms with Crippen molar-refractivity contribution in [2.45, 2.75) is 38.6 Å². The lowest BCUT2D eigenvalue weighted by atomic mass is 10.1. The van der Waals surface area contributed by atoms with Crippen molar-refractivity contribution in [1.82, 2.24) is 15.5 Å². The molecule has 1 heterocycles. The number of amides is 3. The third-order valence-electron chi connectivity index (χ3n) is 4.32. The van der Waals surface area contributed by atoms with Crippen LogP contribution in [0.2, 0.25) is 0 Å². The van der Waals surface area contributed by atoms with Crippen LogP contribution < -0.4 is 10.6 Å². The number of hydrogen-bond acceptors (Lipinski definition) is 4. The summed E-state index contributed by atoms with van der Waals surface area (Å²) in [5.74, 6) is -0.339. The highest BCUT2D eigenvalue weighted by Crippen LogP contribution is 2.11. The van der Waals surface area contributed by atoms with E-state index in [0.29, 0.717) is 45.4 Å². The van der Waals surface area contributed by atoms with E-state index in [1.165, 1.54) is 0 Å². The first-order valence-corrected chi connectivity index (χ1v) is 9.10. The van der Waals surface area contributed by atoms with E-state index in [4.69, 9.17) is 4.74 Å². The van der Waals surface area contributed by atoms with Crippen LogP contribution in [-0.2, 0) is 20.7 Å². The lowest BCUT2D eigenvalue weighted by Gasteiger charge is -2.31. The Kier molecular flexibility index (Phi) is 7.92. The summed E-state index contributed by atoms with van der Waals surface area (Å²) in [5.41, 5.74) is 1.10. The van der Waals surface area contributed by atoms with Crippen LogP contribution >= 0.6 is 0 Å². The number of hydrogen-bond donors (Lipinski definition) is 2. The molecule has 1 aromatic rings. The zero-order valence-electron chi connectivity index (χ0n) is 15.2. The van der Waals surface area contributed by atoms with Crippen LogP contribution in [0.4, 0.5) is 4.79 Å². The average Bonchev–Trinajstić information content (AvgIpc) is 2.66. The van der Waals surface area contributed by atoms with Gasteiger partial charge in [-0.15, -0.1) is 0 Å². The van der Waals surface area contributed by atoms with E-state index in [0.717, 1.165) is 5.56 Å². The van der Waals surface area contributed by atoms with Gasteiger partial charge in [0.25, 0.3) is 0 Å². The molecule has 26 heavy (non-hydrogen) atoms. The predicted octanol–water partition coefficient (Wildman–Crippen LogP) is 1.47. The summed E-state index contributed by atoms with van der Waals surface area (Å²) in [4.78, 5) is 37.1. The van der Waals surface area contributed by atoms with Crippen molar-refractivity contribution >= 4 is 17.9 Å². The summed E-state index contributed by atoms with van der Waals surface area (Å²) in [7, 11) is 0. The normalized spacial score (nSPS) is 14.6. The third kappa shape index (κ3) is 6.74. The molecular formula is C19H27N3O4. The summed E-state index contributed by atoms with van der Waals surface area (Å²) in [6.07, 6.45) is 2.08. The molecule has 0 aliphatic carbocycles. The van der Waals surface area contributed by atoms with E-state index in [2.05, 4.69) is 10.6 Å². The second kappa shape index (κ2) is 10.4. The maximum atomic E-state index is 12.0. The Morgan fingerprint density at radius 2 is 1.81 bits per heavy atom. The molecule has 0 unspecified atom stereocenters. The van der Waals surface area contributed by atoms with Crippen LogP contribution in [0.15, 0.2) is 30.3 Å². The molecule has 1 saturated heterocycles. The predicted molar refractivity (Wildman–Crippen MR) is 97.5 cm³/mol. The first-order chi connectivity index (χ1) is 12.6. The van der Waals surface area contributed by atoms with Crippen LogP contribution in [0.3, 0.4) is 0 Å². The van der Waals surface area contributed by atoms with Crippen molar-refractivity contribution in [3.63, 3.8) is 0 Å². The Labute approximate surface area is 154 Å². The summed E-state index contributed by atoms with van der Waals surface area (Å²) < 4.78 is 4.97. The Morgan fingerprint density at radius 1 is 1.12 bits per heavy atom. The van der Waals surface area contributed by atoms with Gasteiger partial charge in [0.15, 0.2) is 0 Å². The molecule has 0 spiro atoms. The van der Waals surface area contributed by atoms with Crippen molar-refractivity contribution in [1.29, 1.82) is 0 Å². The smallest absolute Gasteiger partial charge is 0.409 e. The summed E-state index contributed by atoms with van der Waals surface area (Å²) >= 11 is 0. The van der Waals surface area contributed by atoms with E-state index in [-0.39, 0.29) is 30.5 Å². The van der Waals surface area contributed by atoms with Crippen LogP contribution in [0, 0.1) is 0 Å². The van der Waals surface area contributed by atoms with Crippen LogP contribution in [0.5, 0.6) is 0 Å². The summed E-state index contributed by atoms with van der Waals surface area (Å²) in [6.45, 7) is 3.24. The van der Waals surface area contributed by atoms with Gasteiger partial charge in [0.05, 0.1) is 13.2 Å². The number of piperidine rings is 1. The molecule has 0 atom stereocenters. The van der Waals surface area contributed by atoms with Crippen LogP contribution in [-0.4, -0.2) is 55.1 Å². The lowest BCUT2D eigenvalue weighted by molar-refractivity contribution is -0.126. The molecule has 7 heteroatoms. The average molecular weight is 361 g/mol. The molecule has 1 aliphatic heterocycles. The van der Waals surface area contributed by atoms with E-state index < -0.39 is 0 Å². The SMILES string of the molecule is CCOC(=O)N1CCC(NC(=O)CNC(=O)CCc2ccccc2)CC1. The highest BCUT2D eigenvalue weighted by Gasteiger charge is 2.24. The number of rotatable bonds is 7. The van der Waals surface area contributed by atoms with Gasteiger partial charge in [0.1, 0.15) is 0 Å². The second-order valence-electron chi connectivity index (χ2n) is 6.29.